The number of aromatic nitrogens is 1. The smallest absolute Gasteiger partial charge is 0.393 e. The molecule has 9 heteroatoms. The molecule has 6 nitrogen and oxygen atoms in total. The number of nitrogens with zero attached hydrogens (tertiary/aromatic N) is 4. The van der Waals surface area contributed by atoms with E-state index in [-0.39, 0.29) is 30.3 Å². The first-order valence-electron chi connectivity index (χ1n) is 10.7. The van der Waals surface area contributed by atoms with Crippen molar-refractivity contribution in [1.29, 1.82) is 5.26 Å². The Labute approximate surface area is 191 Å². The Hall–Kier alpha value is -3.12. The molecule has 3 atom stereocenters. The third-order valence-corrected chi connectivity index (χ3v) is 6.24. The first kappa shape index (κ1) is 24.5. The zero-order chi connectivity index (χ0) is 24.5. The Balaban J connectivity index is 2.11. The largest absolute Gasteiger partial charge is 0.417 e. The van der Waals surface area contributed by atoms with Gasteiger partial charge in [0.2, 0.25) is 5.91 Å². The molecular weight excluding hydrogens is 433 g/mol. The number of carbonyl (C=O) groups excluding carboxylic acids is 1. The number of amides is 1. The summed E-state index contributed by atoms with van der Waals surface area (Å²) >= 11 is 0. The summed E-state index contributed by atoms with van der Waals surface area (Å²) in [6.07, 6.45) is -5.51. The molecule has 3 rings (SSSR count). The van der Waals surface area contributed by atoms with Crippen LogP contribution in [0.25, 0.3) is 0 Å². The highest BCUT2D eigenvalue weighted by Gasteiger charge is 2.45. The van der Waals surface area contributed by atoms with Gasteiger partial charge in [0.25, 0.3) is 0 Å². The number of aliphatic hydroxyl groups excluding tert-OH is 1. The Kier molecular flexibility index (Phi) is 6.98. The summed E-state index contributed by atoms with van der Waals surface area (Å²) in [5.74, 6) is -1.90. The molecule has 1 saturated carbocycles. The Morgan fingerprint density at radius 1 is 1.27 bits per heavy atom. The summed E-state index contributed by atoms with van der Waals surface area (Å²) in [7, 11) is 3.20. The van der Waals surface area contributed by atoms with Crippen LogP contribution < -0.4 is 9.80 Å². The van der Waals surface area contributed by atoms with E-state index in [0.717, 1.165) is 11.6 Å². The number of nitriles is 1. The third kappa shape index (κ3) is 4.96. The van der Waals surface area contributed by atoms with Crippen LogP contribution in [-0.2, 0) is 11.0 Å². The average molecular weight is 461 g/mol. The van der Waals surface area contributed by atoms with Crippen molar-refractivity contribution in [2.75, 3.05) is 30.4 Å². The zero-order valence-electron chi connectivity index (χ0n) is 19.0. The molecule has 1 heterocycles. The van der Waals surface area contributed by atoms with E-state index in [0.29, 0.717) is 12.2 Å². The predicted molar refractivity (Wildman–Crippen MR) is 119 cm³/mol. The monoisotopic (exact) mass is 460 g/mol. The summed E-state index contributed by atoms with van der Waals surface area (Å²) < 4.78 is 41.5. The van der Waals surface area contributed by atoms with Gasteiger partial charge in [-0.2, -0.15) is 18.4 Å². The summed E-state index contributed by atoms with van der Waals surface area (Å²) in [4.78, 5) is 20.8. The maximum Gasteiger partial charge on any atom is 0.417 e. The molecule has 0 spiro atoms. The van der Waals surface area contributed by atoms with Gasteiger partial charge in [0.1, 0.15) is 11.9 Å². The number of alkyl halides is 3. The Bertz CT molecular complexity index is 1080. The van der Waals surface area contributed by atoms with Gasteiger partial charge in [0.15, 0.2) is 0 Å². The van der Waals surface area contributed by atoms with Gasteiger partial charge >= 0.3 is 6.18 Å². The third-order valence-electron chi connectivity index (χ3n) is 6.24. The molecule has 1 aromatic heterocycles. The molecule has 0 aliphatic heterocycles. The van der Waals surface area contributed by atoms with Crippen molar-refractivity contribution in [3.05, 3.63) is 52.7 Å². The molecule has 1 aliphatic rings. The number of hydrogen-bond acceptors (Lipinski definition) is 5. The normalized spacial score (nSPS) is 20.4. The molecule has 2 aromatic rings. The molecule has 1 N–H and O–H groups in total. The Morgan fingerprint density at radius 2 is 1.97 bits per heavy atom. The van der Waals surface area contributed by atoms with Crippen molar-refractivity contribution in [3.63, 3.8) is 0 Å². The second-order valence-corrected chi connectivity index (χ2v) is 8.49. The van der Waals surface area contributed by atoms with E-state index in [9.17, 15) is 28.3 Å². The minimum absolute atomic E-state index is 0.0519. The van der Waals surface area contributed by atoms with Crippen LogP contribution >= 0.6 is 0 Å². The molecular formula is C24H27F3N4O2. The average Bonchev–Trinajstić information content (AvgIpc) is 3.17. The van der Waals surface area contributed by atoms with Gasteiger partial charge in [-0.05, 0) is 50.5 Å². The summed E-state index contributed by atoms with van der Waals surface area (Å²) in [5, 5.41) is 20.0. The fourth-order valence-corrected chi connectivity index (χ4v) is 4.32. The second kappa shape index (κ2) is 9.40. The Morgan fingerprint density at radius 3 is 2.55 bits per heavy atom. The molecule has 1 unspecified atom stereocenters. The van der Waals surface area contributed by atoms with Crippen LogP contribution in [0.3, 0.4) is 0 Å². The molecule has 1 fully saturated rings. The van der Waals surface area contributed by atoms with Crippen LogP contribution in [0.5, 0.6) is 0 Å². The van der Waals surface area contributed by atoms with Gasteiger partial charge in [-0.1, -0.05) is 12.1 Å². The number of aliphatic hydroxyl groups is 1. The van der Waals surface area contributed by atoms with E-state index in [1.165, 1.54) is 4.90 Å². The number of carbonyl (C=O) groups is 1. The lowest BCUT2D eigenvalue weighted by atomic mass is 9.87. The van der Waals surface area contributed by atoms with Crippen LogP contribution in [0.15, 0.2) is 30.3 Å². The zero-order valence-corrected chi connectivity index (χ0v) is 19.0. The maximum atomic E-state index is 13.8. The van der Waals surface area contributed by atoms with Crippen molar-refractivity contribution in [2.45, 2.75) is 44.9 Å². The highest BCUT2D eigenvalue weighted by atomic mass is 19.4. The van der Waals surface area contributed by atoms with Crippen molar-refractivity contribution in [2.24, 2.45) is 5.92 Å². The number of rotatable bonds is 5. The topological polar surface area (TPSA) is 80.5 Å². The summed E-state index contributed by atoms with van der Waals surface area (Å²) in [5.41, 5.74) is -0.163. The van der Waals surface area contributed by atoms with Crippen molar-refractivity contribution in [1.82, 2.24) is 4.98 Å². The minimum atomic E-state index is -4.76. The SMILES string of the molecule is CCN(C)c1cc(C(F)(F)F)c(C#N)c(C2C[C@@H](O)C[C@H]2C(=O)N(C)c2cccc(C)c2)n1. The first-order chi connectivity index (χ1) is 15.5. The van der Waals surface area contributed by atoms with E-state index in [1.807, 2.05) is 25.1 Å². The van der Waals surface area contributed by atoms with E-state index in [1.54, 1.807) is 38.1 Å². The van der Waals surface area contributed by atoms with Gasteiger partial charge in [-0.15, -0.1) is 0 Å². The van der Waals surface area contributed by atoms with Crippen LogP contribution in [0.1, 0.15) is 48.1 Å². The van der Waals surface area contributed by atoms with E-state index < -0.39 is 35.2 Å². The van der Waals surface area contributed by atoms with E-state index in [2.05, 4.69) is 4.98 Å². The molecule has 1 aromatic carbocycles. The maximum absolute atomic E-state index is 13.8. The van der Waals surface area contributed by atoms with E-state index >= 15 is 0 Å². The number of aryl methyl sites for hydroxylation is 1. The molecule has 0 bridgehead atoms. The molecule has 176 valence electrons. The number of anilines is 2. The molecule has 33 heavy (non-hydrogen) atoms. The minimum Gasteiger partial charge on any atom is -0.393 e. The second-order valence-electron chi connectivity index (χ2n) is 8.49. The van der Waals surface area contributed by atoms with E-state index in [4.69, 9.17) is 0 Å². The van der Waals surface area contributed by atoms with Gasteiger partial charge in [-0.3, -0.25) is 4.79 Å². The van der Waals surface area contributed by atoms with Crippen molar-refractivity contribution < 1.29 is 23.1 Å². The molecule has 0 saturated heterocycles. The molecule has 1 aliphatic carbocycles. The fraction of sp³-hybridized carbons (Fsp3) is 0.458. The molecule has 0 radical (unpaired) electrons. The highest BCUT2D eigenvalue weighted by molar-refractivity contribution is 5.95. The highest BCUT2D eigenvalue weighted by Crippen LogP contribution is 2.45. The van der Waals surface area contributed by atoms with Crippen LogP contribution in [-0.4, -0.2) is 42.7 Å². The standard InChI is InChI=1S/C24H27F3N4O2/c1-5-30(3)21-12-20(24(25,26)27)19(13-28)22(29-21)17-10-16(32)11-18(17)23(33)31(4)15-8-6-7-14(2)9-15/h6-9,12,16-18,32H,5,10-11H2,1-4H3/t16-,17?,18-/m1/s1. The van der Waals surface area contributed by atoms with Gasteiger partial charge in [-0.25, -0.2) is 4.98 Å². The van der Waals surface area contributed by atoms with Crippen molar-refractivity contribution in [3.8, 4) is 6.07 Å². The van der Waals surface area contributed by atoms with Crippen molar-refractivity contribution >= 4 is 17.4 Å². The molecule has 1 amide bonds. The first-order valence-corrected chi connectivity index (χ1v) is 10.7. The van der Waals surface area contributed by atoms with Crippen LogP contribution in [0.4, 0.5) is 24.7 Å². The summed E-state index contributed by atoms with van der Waals surface area (Å²) in [6.45, 7) is 4.07. The number of hydrogen-bond donors (Lipinski definition) is 1. The van der Waals surface area contributed by atoms with Gasteiger partial charge in [0, 0.05) is 38.2 Å². The lowest BCUT2D eigenvalue weighted by Gasteiger charge is -2.27. The predicted octanol–water partition coefficient (Wildman–Crippen LogP) is 4.25. The lowest BCUT2D eigenvalue weighted by Crippen LogP contribution is -2.35. The number of pyridine rings is 1. The van der Waals surface area contributed by atoms with Crippen LogP contribution in [0.2, 0.25) is 0 Å². The summed E-state index contributed by atoms with van der Waals surface area (Å²) in [6, 6.07) is 9.83. The number of halogens is 3. The van der Waals surface area contributed by atoms with Crippen LogP contribution in [0, 0.1) is 24.2 Å². The van der Waals surface area contributed by atoms with Gasteiger partial charge < -0.3 is 14.9 Å². The van der Waals surface area contributed by atoms with Gasteiger partial charge in [0.05, 0.1) is 22.9 Å². The quantitative estimate of drug-likeness (QED) is 0.722. The fourth-order valence-electron chi connectivity index (χ4n) is 4.32. The lowest BCUT2D eigenvalue weighted by molar-refractivity contribution is -0.137. The number of benzene rings is 1.